The van der Waals surface area contributed by atoms with Crippen LogP contribution in [-0.2, 0) is 32.5 Å². The number of methoxy groups -OCH3 is 2. The number of aromatic amines is 2. The van der Waals surface area contributed by atoms with Crippen molar-refractivity contribution in [3.63, 3.8) is 0 Å². The van der Waals surface area contributed by atoms with Gasteiger partial charge in [-0.1, -0.05) is 80.6 Å². The minimum atomic E-state index is -0.816. The maximum Gasteiger partial charge on any atom is 0.407 e. The van der Waals surface area contributed by atoms with E-state index in [1.165, 1.54) is 14.2 Å². The number of likely N-dealkylation sites (tertiary alicyclic amines) is 2. The molecule has 2 saturated heterocycles. The molecule has 2 aliphatic rings. The Bertz CT molecular complexity index is 2920. The summed E-state index contributed by atoms with van der Waals surface area (Å²) in [6.07, 6.45) is 7.90. The summed E-state index contributed by atoms with van der Waals surface area (Å²) in [5, 5.41) is 8.74. The van der Waals surface area contributed by atoms with Gasteiger partial charge in [0.1, 0.15) is 23.7 Å². The number of nitrogens with one attached hydrogen (secondary N) is 4. The summed E-state index contributed by atoms with van der Waals surface area (Å²) >= 11 is 0. The number of carbonyl (C=O) groups is 4. The van der Waals surface area contributed by atoms with E-state index in [0.717, 1.165) is 92.4 Å². The molecule has 5 heterocycles. The molecule has 2 aliphatic heterocycles. The molecule has 340 valence electrons. The molecule has 15 heteroatoms. The number of fused-ring (bicyclic) bond motifs is 2. The van der Waals surface area contributed by atoms with Gasteiger partial charge in [0, 0.05) is 49.2 Å². The highest BCUT2D eigenvalue weighted by Gasteiger charge is 2.39. The average Bonchev–Trinajstić information content (AvgIpc) is 4.20. The number of ether oxygens (including phenoxy) is 2. The Morgan fingerprint density at radius 2 is 1.24 bits per heavy atom. The van der Waals surface area contributed by atoms with Crippen molar-refractivity contribution in [1.82, 2.24) is 44.9 Å². The Balaban J connectivity index is 0.870. The van der Waals surface area contributed by atoms with E-state index in [9.17, 15) is 19.2 Å². The van der Waals surface area contributed by atoms with E-state index in [4.69, 9.17) is 19.4 Å². The van der Waals surface area contributed by atoms with Crippen LogP contribution < -0.4 is 10.6 Å². The van der Waals surface area contributed by atoms with E-state index in [0.29, 0.717) is 25.3 Å². The molecule has 7 aromatic rings. The fraction of sp³-hybridized carbons (Fsp3) is 0.333. The molecule has 66 heavy (non-hydrogen) atoms. The number of rotatable bonds is 12. The molecule has 4 N–H and O–H groups in total. The van der Waals surface area contributed by atoms with Crippen molar-refractivity contribution < 1.29 is 28.7 Å². The second-order valence-electron chi connectivity index (χ2n) is 17.6. The largest absolute Gasteiger partial charge is 0.453 e. The van der Waals surface area contributed by atoms with Crippen molar-refractivity contribution in [1.29, 1.82) is 0 Å². The van der Waals surface area contributed by atoms with E-state index in [2.05, 4.69) is 81.3 Å². The van der Waals surface area contributed by atoms with Gasteiger partial charge in [-0.15, -0.1) is 0 Å². The smallest absolute Gasteiger partial charge is 0.407 e. The van der Waals surface area contributed by atoms with Gasteiger partial charge in [0.25, 0.3) is 0 Å². The molecule has 9 rings (SSSR count). The van der Waals surface area contributed by atoms with Crippen LogP contribution in [0, 0.1) is 5.92 Å². The lowest BCUT2D eigenvalue weighted by molar-refractivity contribution is -0.135. The van der Waals surface area contributed by atoms with Crippen LogP contribution in [-0.4, -0.2) is 97.7 Å². The van der Waals surface area contributed by atoms with E-state index >= 15 is 0 Å². The van der Waals surface area contributed by atoms with Crippen molar-refractivity contribution in [2.75, 3.05) is 27.3 Å². The van der Waals surface area contributed by atoms with Crippen molar-refractivity contribution in [3.8, 4) is 33.6 Å². The van der Waals surface area contributed by atoms with Crippen LogP contribution in [0.4, 0.5) is 9.59 Å². The van der Waals surface area contributed by atoms with Crippen LogP contribution in [0.3, 0.4) is 0 Å². The molecule has 0 saturated carbocycles. The molecule has 4 aromatic carbocycles. The zero-order valence-corrected chi connectivity index (χ0v) is 37.8. The lowest BCUT2D eigenvalue weighted by Gasteiger charge is -2.30. The first-order valence-electron chi connectivity index (χ1n) is 22.6. The molecular formula is C51H55N9O6. The first-order valence-corrected chi connectivity index (χ1v) is 22.6. The molecule has 1 unspecified atom stereocenters. The molecule has 3 aromatic heterocycles. The number of hydrogen-bond donors (Lipinski definition) is 4. The second-order valence-corrected chi connectivity index (χ2v) is 17.6. The third-order valence-corrected chi connectivity index (χ3v) is 13.1. The summed E-state index contributed by atoms with van der Waals surface area (Å²) in [4.78, 5) is 72.5. The number of alkyl carbamates (subject to hydrolysis) is 2. The molecule has 0 radical (unpaired) electrons. The summed E-state index contributed by atoms with van der Waals surface area (Å²) in [5.41, 5.74) is 7.86. The van der Waals surface area contributed by atoms with Gasteiger partial charge in [-0.05, 0) is 82.8 Å². The van der Waals surface area contributed by atoms with Crippen molar-refractivity contribution in [2.45, 2.75) is 70.1 Å². The number of para-hydroxylation sites is 1. The Kier molecular flexibility index (Phi) is 12.3. The molecule has 4 atom stereocenters. The summed E-state index contributed by atoms with van der Waals surface area (Å²) in [7, 11) is 4.57. The van der Waals surface area contributed by atoms with Crippen LogP contribution in [0.2, 0.25) is 0 Å². The normalized spacial score (nSPS) is 17.1. The zero-order valence-electron chi connectivity index (χ0n) is 37.8. The number of H-pyrrole nitrogens is 2. The van der Waals surface area contributed by atoms with Gasteiger partial charge in [-0.2, -0.15) is 0 Å². The minimum absolute atomic E-state index is 0.110. The van der Waals surface area contributed by atoms with Gasteiger partial charge in [0.05, 0.1) is 50.1 Å². The Hall–Kier alpha value is -7.42. The Morgan fingerprint density at radius 3 is 1.88 bits per heavy atom. The average molecular weight is 890 g/mol. The van der Waals surface area contributed by atoms with Gasteiger partial charge in [-0.3, -0.25) is 9.59 Å². The van der Waals surface area contributed by atoms with Gasteiger partial charge >= 0.3 is 12.2 Å². The second kappa shape index (κ2) is 18.6. The molecule has 4 amide bonds. The number of hydrogen-bond acceptors (Lipinski definition) is 8. The maximum absolute atomic E-state index is 14.3. The lowest BCUT2D eigenvalue weighted by atomic mass is 9.98. The number of imidazole rings is 2. The number of aromatic nitrogens is 5. The highest BCUT2D eigenvalue weighted by molar-refractivity contribution is 5.92. The fourth-order valence-electron chi connectivity index (χ4n) is 9.66. The van der Waals surface area contributed by atoms with Crippen LogP contribution in [0.25, 0.3) is 55.3 Å². The van der Waals surface area contributed by atoms with Gasteiger partial charge in [0.2, 0.25) is 11.8 Å². The van der Waals surface area contributed by atoms with E-state index in [1.807, 2.05) is 78.1 Å². The molecule has 0 aliphatic carbocycles. The first-order chi connectivity index (χ1) is 32.0. The van der Waals surface area contributed by atoms with E-state index in [1.54, 1.807) is 0 Å². The predicted molar refractivity (Wildman–Crippen MR) is 252 cm³/mol. The van der Waals surface area contributed by atoms with Crippen LogP contribution in [0.15, 0.2) is 104 Å². The number of benzene rings is 4. The molecule has 0 spiro atoms. The molecule has 15 nitrogen and oxygen atoms in total. The van der Waals surface area contributed by atoms with Gasteiger partial charge in [0.15, 0.2) is 0 Å². The highest BCUT2D eigenvalue weighted by Crippen LogP contribution is 2.36. The summed E-state index contributed by atoms with van der Waals surface area (Å²) < 4.78 is 11.8. The number of nitrogens with zero attached hydrogens (tertiary/aromatic N) is 5. The third-order valence-electron chi connectivity index (χ3n) is 13.1. The lowest BCUT2D eigenvalue weighted by Crippen LogP contribution is -2.51. The molecule has 2 fully saturated rings. The highest BCUT2D eigenvalue weighted by atomic mass is 16.5. The SMILES string of the molecule is COC(=O)N[C@H](C(=O)N1CCC[C@H]1c1ncc(-c2ccc3cc(-c4ccc(-c5cnc(C6CCCN6C(=O)[C@@H](Cc6cn(C)c7ccccc67)NC(=O)OC)[nH]5)cc4)ccc3c2)[nH]1)C(C)C. The quantitative estimate of drug-likeness (QED) is 0.0944. The van der Waals surface area contributed by atoms with Gasteiger partial charge in [-0.25, -0.2) is 19.6 Å². The van der Waals surface area contributed by atoms with Crippen molar-refractivity contribution >= 4 is 45.7 Å². The zero-order chi connectivity index (χ0) is 46.1. The molecule has 0 bridgehead atoms. The first kappa shape index (κ1) is 43.8. The minimum Gasteiger partial charge on any atom is -0.453 e. The third kappa shape index (κ3) is 8.72. The van der Waals surface area contributed by atoms with Crippen LogP contribution in [0.5, 0.6) is 0 Å². The predicted octanol–water partition coefficient (Wildman–Crippen LogP) is 8.45. The monoisotopic (exact) mass is 889 g/mol. The molecular weight excluding hydrogens is 835 g/mol. The van der Waals surface area contributed by atoms with Gasteiger partial charge < -0.3 is 44.4 Å². The maximum atomic E-state index is 14.3. The van der Waals surface area contributed by atoms with E-state index in [-0.39, 0.29) is 29.8 Å². The summed E-state index contributed by atoms with van der Waals surface area (Å²) in [6, 6.07) is 27.2. The summed E-state index contributed by atoms with van der Waals surface area (Å²) in [6.45, 7) is 4.96. The van der Waals surface area contributed by atoms with Crippen LogP contribution in [0.1, 0.15) is 68.8 Å². The summed E-state index contributed by atoms with van der Waals surface area (Å²) in [5.74, 6) is 1.01. The van der Waals surface area contributed by atoms with Crippen molar-refractivity contribution in [3.05, 3.63) is 121 Å². The van der Waals surface area contributed by atoms with E-state index < -0.39 is 24.3 Å². The van der Waals surface area contributed by atoms with Crippen molar-refractivity contribution in [2.24, 2.45) is 13.0 Å². The number of amides is 4. The number of carbonyl (C=O) groups excluding carboxylic acids is 4. The Morgan fingerprint density at radius 1 is 0.697 bits per heavy atom. The Labute approximate surface area is 382 Å². The topological polar surface area (TPSA) is 180 Å². The van der Waals surface area contributed by atoms with Crippen LogP contribution >= 0.6 is 0 Å². The fourth-order valence-corrected chi connectivity index (χ4v) is 9.66. The number of aryl methyl sites for hydroxylation is 1. The standard InChI is InChI=1S/C51H55N9O6/c1-30(2)45(57-51(64)66-5)49(62)60-23-9-13-44(60)47-53-28-41(55-47)36-21-20-34-24-33(18-19-35(34)25-36)31-14-16-32(17-15-31)40-27-52-46(54-40)43-12-8-22-59(43)48(61)39(56-50(63)65-4)26-37-29-58(3)42-11-7-6-10-38(37)42/h6-7,10-11,14-21,24-25,27-30,39,43-45H,8-9,12-13,22-23,26H2,1-5H3,(H,52,54)(H,53,55)(H,56,63)(H,57,64)/t39-,43?,44+,45+/m1/s1.